The zero-order valence-corrected chi connectivity index (χ0v) is 20.0. The van der Waals surface area contributed by atoms with E-state index in [1.807, 2.05) is 54.6 Å². The highest BCUT2D eigenvalue weighted by Crippen LogP contribution is 2.62. The van der Waals surface area contributed by atoms with Gasteiger partial charge in [0.05, 0.1) is 14.9 Å². The summed E-state index contributed by atoms with van der Waals surface area (Å²) >= 11 is 12.8. The largest absolute Gasteiger partial charge is 0.294 e. The average molecular weight is 516 g/mol. The lowest BCUT2D eigenvalue weighted by Crippen LogP contribution is -2.58. The lowest BCUT2D eigenvalue weighted by atomic mass is 10.4. The number of rotatable bonds is 5. The van der Waals surface area contributed by atoms with Crippen molar-refractivity contribution in [3.8, 4) is 0 Å². The highest BCUT2D eigenvalue weighted by Gasteiger charge is 2.51. The fourth-order valence-corrected chi connectivity index (χ4v) is 8.17. The Kier molecular flexibility index (Phi) is 9.64. The lowest BCUT2D eigenvalue weighted by molar-refractivity contribution is -1.92. The molecule has 0 aliphatic carbocycles. The standard InChI is InChI=1S/C22H18Cl2NOP.ClHO4/c1-17(26)25-22(21(23)24)27(18-11-5-2-6-12-18,19-13-7-3-8-14-19)20-15-9-4-10-16-20;2-1(3,4)5/h2-16H,1H3;(H,2,3,4,5)/p+1. The number of hydrogen-bond donors (Lipinski definition) is 2. The second kappa shape index (κ2) is 11.8. The molecule has 0 bridgehead atoms. The van der Waals surface area contributed by atoms with Crippen LogP contribution in [0.4, 0.5) is 0 Å². The molecule has 32 heavy (non-hydrogen) atoms. The molecule has 2 N–H and O–H groups in total. The molecular formula is C22H20Cl3NO5P+. The summed E-state index contributed by atoms with van der Waals surface area (Å²) in [4.78, 5) is 12.1. The number of amides is 1. The van der Waals surface area contributed by atoms with Gasteiger partial charge < -0.3 is 0 Å². The van der Waals surface area contributed by atoms with E-state index in [1.54, 1.807) is 0 Å². The van der Waals surface area contributed by atoms with Crippen molar-refractivity contribution in [1.82, 2.24) is 5.32 Å². The molecule has 0 saturated carbocycles. The zero-order chi connectivity index (χ0) is 23.8. The first-order chi connectivity index (χ1) is 15.1. The summed E-state index contributed by atoms with van der Waals surface area (Å²) in [5.74, 6) is -0.212. The van der Waals surface area contributed by atoms with Crippen molar-refractivity contribution in [1.29, 1.82) is 0 Å². The average Bonchev–Trinajstić information content (AvgIpc) is 2.74. The molecule has 0 saturated heterocycles. The number of halogens is 3. The zero-order valence-electron chi connectivity index (χ0n) is 16.8. The van der Waals surface area contributed by atoms with Crippen LogP contribution >= 0.6 is 30.5 Å². The molecule has 6 nitrogen and oxygen atoms in total. The van der Waals surface area contributed by atoms with Gasteiger partial charge in [0.1, 0.15) is 15.9 Å². The number of carbonyl (C=O) groups excluding carboxylic acids is 1. The first-order valence-corrected chi connectivity index (χ1v) is 12.9. The van der Waals surface area contributed by atoms with Gasteiger partial charge in [-0.3, -0.25) is 10.1 Å². The van der Waals surface area contributed by atoms with Crippen LogP contribution < -0.4 is 35.2 Å². The van der Waals surface area contributed by atoms with Gasteiger partial charge in [-0.2, -0.15) is 14.0 Å². The monoisotopic (exact) mass is 514 g/mol. The molecule has 3 aromatic rings. The molecule has 0 radical (unpaired) electrons. The molecule has 0 fully saturated rings. The Morgan fingerprint density at radius 1 is 0.781 bits per heavy atom. The van der Waals surface area contributed by atoms with Gasteiger partial charge in [-0.15, -0.1) is 0 Å². The number of hydrogen-bond acceptors (Lipinski definition) is 5. The summed E-state index contributed by atoms with van der Waals surface area (Å²) in [6.45, 7) is 1.46. The fraction of sp³-hybridized carbons (Fsp3) is 0.0455. The van der Waals surface area contributed by atoms with Crippen molar-refractivity contribution in [2.75, 3.05) is 0 Å². The molecule has 3 aromatic carbocycles. The minimum atomic E-state index is -4.69. The number of carbonyl (C=O) groups is 1. The van der Waals surface area contributed by atoms with Gasteiger partial charge in [-0.1, -0.05) is 77.8 Å². The van der Waals surface area contributed by atoms with Crippen LogP contribution in [-0.2, 0) is 4.79 Å². The van der Waals surface area contributed by atoms with Crippen LogP contribution in [0.1, 0.15) is 6.92 Å². The third-order valence-corrected chi connectivity index (χ3v) is 9.11. The Labute approximate surface area is 198 Å². The lowest BCUT2D eigenvalue weighted by Gasteiger charge is -2.29. The van der Waals surface area contributed by atoms with E-state index in [0.717, 1.165) is 15.9 Å². The molecule has 10 heteroatoms. The van der Waals surface area contributed by atoms with Crippen molar-refractivity contribution in [3.05, 3.63) is 101 Å². The van der Waals surface area contributed by atoms with E-state index in [1.165, 1.54) is 6.92 Å². The normalized spacial score (nSPS) is 11.1. The van der Waals surface area contributed by atoms with Crippen molar-refractivity contribution >= 4 is 52.3 Å². The topological polar surface area (TPSA) is 119 Å². The Balaban J connectivity index is 0.000000654. The Morgan fingerprint density at radius 3 is 1.28 bits per heavy atom. The molecule has 0 aromatic heterocycles. The predicted molar refractivity (Wildman–Crippen MR) is 120 cm³/mol. The van der Waals surface area contributed by atoms with E-state index in [9.17, 15) is 4.79 Å². The molecule has 0 aliphatic heterocycles. The van der Waals surface area contributed by atoms with Crippen molar-refractivity contribution in [3.63, 3.8) is 0 Å². The quantitative estimate of drug-likeness (QED) is 0.483. The van der Waals surface area contributed by atoms with Crippen LogP contribution in [0.5, 0.6) is 0 Å². The highest BCUT2D eigenvalue weighted by atomic mass is 35.7. The van der Waals surface area contributed by atoms with E-state index < -0.39 is 17.5 Å². The van der Waals surface area contributed by atoms with Crippen LogP contribution in [0.15, 0.2) is 101 Å². The van der Waals surface area contributed by atoms with Crippen molar-refractivity contribution in [2.24, 2.45) is 0 Å². The van der Waals surface area contributed by atoms with Crippen LogP contribution in [-0.4, -0.2) is 10.6 Å². The van der Waals surface area contributed by atoms with Gasteiger partial charge in [0, 0.05) is 6.92 Å². The second-order valence-corrected chi connectivity index (χ2v) is 11.4. The molecule has 0 unspecified atom stereocenters. The van der Waals surface area contributed by atoms with Gasteiger partial charge in [-0.25, -0.2) is 0 Å². The molecule has 0 spiro atoms. The fourth-order valence-electron chi connectivity index (χ4n) is 3.21. The first kappa shape index (κ1) is 26.3. The summed E-state index contributed by atoms with van der Waals surface area (Å²) in [5.41, 5.74) is 0.543. The van der Waals surface area contributed by atoms with E-state index in [0.29, 0.717) is 5.44 Å². The summed E-state index contributed by atoms with van der Waals surface area (Å²) in [5, 5.41) is 6.12. The maximum atomic E-state index is 12.1. The number of nitrogens with one attached hydrogen (secondary N) is 1. The van der Waals surface area contributed by atoms with Gasteiger partial charge >= 0.3 is 0 Å². The minimum Gasteiger partial charge on any atom is -0.294 e. The second-order valence-electron chi connectivity index (χ2n) is 6.36. The summed E-state index contributed by atoms with van der Waals surface area (Å²) in [6.07, 6.45) is 0. The molecule has 0 heterocycles. The van der Waals surface area contributed by atoms with Gasteiger partial charge in [0.15, 0.2) is 11.8 Å². The predicted octanol–water partition coefficient (Wildman–Crippen LogP) is 0.597. The van der Waals surface area contributed by atoms with Gasteiger partial charge in [-0.05, 0) is 36.4 Å². The molecule has 1 amide bonds. The summed E-state index contributed by atoms with van der Waals surface area (Å²) in [6, 6.07) is 30.2. The molecule has 0 atom stereocenters. The molecule has 168 valence electrons. The maximum absolute atomic E-state index is 12.1. The molecule has 0 aliphatic rings. The van der Waals surface area contributed by atoms with Gasteiger partial charge in [0.25, 0.3) is 0 Å². The van der Waals surface area contributed by atoms with Crippen molar-refractivity contribution < 1.29 is 33.7 Å². The highest BCUT2D eigenvalue weighted by molar-refractivity contribution is 7.99. The van der Waals surface area contributed by atoms with Crippen LogP contribution in [0.25, 0.3) is 0 Å². The SMILES string of the molecule is CC(=O)NC(=C(Cl)Cl)[P+](c1ccccc1)(c1ccccc1)c1ccccc1.[O-][Cl+3]([O-])([O-])O. The Morgan fingerprint density at radius 2 is 1.06 bits per heavy atom. The maximum Gasteiger partial charge on any atom is 0.223 e. The molecule has 3 rings (SSSR count). The molecular weight excluding hydrogens is 496 g/mol. The van der Waals surface area contributed by atoms with E-state index in [4.69, 9.17) is 41.8 Å². The third-order valence-electron chi connectivity index (χ3n) is 4.24. The number of benzene rings is 3. The van der Waals surface area contributed by atoms with Crippen LogP contribution in [0, 0.1) is 10.2 Å². The van der Waals surface area contributed by atoms with E-state index in [2.05, 4.69) is 41.7 Å². The van der Waals surface area contributed by atoms with Crippen molar-refractivity contribution in [2.45, 2.75) is 6.92 Å². The van der Waals surface area contributed by atoms with E-state index >= 15 is 0 Å². The van der Waals surface area contributed by atoms with E-state index in [-0.39, 0.29) is 10.4 Å². The summed E-state index contributed by atoms with van der Waals surface area (Å²) < 4.78 is 32.8. The third kappa shape index (κ3) is 7.01. The minimum absolute atomic E-state index is 0.0649. The van der Waals surface area contributed by atoms with Gasteiger partial charge in [0.2, 0.25) is 11.3 Å². The summed E-state index contributed by atoms with van der Waals surface area (Å²) in [7, 11) is -7.18. The smallest absolute Gasteiger partial charge is 0.223 e. The Bertz CT molecular complexity index is 939. The first-order valence-electron chi connectivity index (χ1n) is 9.09. The van der Waals surface area contributed by atoms with Crippen LogP contribution in [0.2, 0.25) is 0 Å². The Hall–Kier alpha value is -1.99. The van der Waals surface area contributed by atoms with Crippen LogP contribution in [0.3, 0.4) is 0 Å².